The quantitative estimate of drug-likeness (QED) is 0.319. The number of hydrogen-bond donors (Lipinski definition) is 1. The van der Waals surface area contributed by atoms with Crippen LogP contribution in [0.15, 0.2) is 71.7 Å². The van der Waals surface area contributed by atoms with Crippen molar-refractivity contribution < 1.29 is 27.8 Å². The van der Waals surface area contributed by atoms with E-state index in [0.717, 1.165) is 16.2 Å². The standard InChI is InChI=1S/C31H30F2N4O5/c1-31(2,3)42-30(40)34-22-13-14-36(16-22)27-25(33)17-37-26(35-27)23(20-9-11-21(32)12-10-20)15-24(28(37)38)29(39)41-18-19-7-5-4-6-8-19/h4-12,15,17,22H,13-14,16,18H2,1-3H3,(H,34,40). The fraction of sp³-hybridized carbons (Fsp3) is 0.290. The second kappa shape index (κ2) is 11.6. The molecule has 0 saturated carbocycles. The van der Waals surface area contributed by atoms with Crippen LogP contribution >= 0.6 is 0 Å². The third-order valence-corrected chi connectivity index (χ3v) is 6.67. The lowest BCUT2D eigenvalue weighted by atomic mass is 10.0. The predicted molar refractivity (Wildman–Crippen MR) is 152 cm³/mol. The number of hydrogen-bond acceptors (Lipinski definition) is 7. The van der Waals surface area contributed by atoms with E-state index in [4.69, 9.17) is 9.47 Å². The number of anilines is 1. The molecule has 1 amide bonds. The van der Waals surface area contributed by atoms with E-state index in [9.17, 15) is 18.8 Å². The van der Waals surface area contributed by atoms with Gasteiger partial charge >= 0.3 is 12.1 Å². The average Bonchev–Trinajstić information content (AvgIpc) is 3.40. The van der Waals surface area contributed by atoms with Crippen LogP contribution in [0.1, 0.15) is 43.1 Å². The zero-order chi connectivity index (χ0) is 30.0. The van der Waals surface area contributed by atoms with Gasteiger partial charge in [-0.25, -0.2) is 23.4 Å². The molecule has 1 atom stereocenters. The highest BCUT2D eigenvalue weighted by Gasteiger charge is 2.30. The molecular weight excluding hydrogens is 546 g/mol. The van der Waals surface area contributed by atoms with Crippen molar-refractivity contribution in [1.29, 1.82) is 0 Å². The first kappa shape index (κ1) is 28.7. The first-order valence-electron chi connectivity index (χ1n) is 13.5. The number of fused-ring (bicyclic) bond motifs is 1. The monoisotopic (exact) mass is 576 g/mol. The molecule has 4 aromatic rings. The molecule has 2 aromatic carbocycles. The molecule has 9 nitrogen and oxygen atoms in total. The van der Waals surface area contributed by atoms with Crippen LogP contribution in [-0.4, -0.2) is 46.2 Å². The van der Waals surface area contributed by atoms with Crippen LogP contribution in [0.4, 0.5) is 19.4 Å². The van der Waals surface area contributed by atoms with Gasteiger partial charge in [-0.1, -0.05) is 42.5 Å². The maximum Gasteiger partial charge on any atom is 0.407 e. The van der Waals surface area contributed by atoms with E-state index in [1.165, 1.54) is 30.3 Å². The molecule has 1 unspecified atom stereocenters. The van der Waals surface area contributed by atoms with Crippen LogP contribution < -0.4 is 15.8 Å². The fourth-order valence-corrected chi connectivity index (χ4v) is 4.74. The van der Waals surface area contributed by atoms with E-state index < -0.39 is 34.9 Å². The SMILES string of the molecule is CC(C)(C)OC(=O)NC1CCN(c2nc3c(-c4ccc(F)cc4)cc(C(=O)OCc4ccccc4)c(=O)n3cc2F)C1. The van der Waals surface area contributed by atoms with Gasteiger partial charge < -0.3 is 19.7 Å². The number of alkyl carbamates (subject to hydrolysis) is 1. The number of pyridine rings is 1. The third-order valence-electron chi connectivity index (χ3n) is 6.67. The highest BCUT2D eigenvalue weighted by molar-refractivity contribution is 5.93. The summed E-state index contributed by atoms with van der Waals surface area (Å²) in [5.74, 6) is -2.17. The van der Waals surface area contributed by atoms with Crippen molar-refractivity contribution in [2.45, 2.75) is 45.4 Å². The Morgan fingerprint density at radius 2 is 1.79 bits per heavy atom. The summed E-state index contributed by atoms with van der Waals surface area (Å²) in [4.78, 5) is 44.8. The van der Waals surface area contributed by atoms with Crippen LogP contribution in [0.5, 0.6) is 0 Å². The van der Waals surface area contributed by atoms with E-state index >= 15 is 4.39 Å². The maximum atomic E-state index is 15.5. The molecule has 0 aliphatic carbocycles. The largest absolute Gasteiger partial charge is 0.457 e. The Morgan fingerprint density at radius 3 is 2.48 bits per heavy atom. The molecule has 1 fully saturated rings. The Hall–Kier alpha value is -4.80. The number of nitrogens with one attached hydrogen (secondary N) is 1. The van der Waals surface area contributed by atoms with E-state index in [-0.39, 0.29) is 36.2 Å². The molecule has 218 valence electrons. The van der Waals surface area contributed by atoms with Gasteiger partial charge in [0.25, 0.3) is 5.56 Å². The molecule has 0 radical (unpaired) electrons. The zero-order valence-electron chi connectivity index (χ0n) is 23.4. The van der Waals surface area contributed by atoms with Gasteiger partial charge in [0.05, 0.1) is 12.2 Å². The average molecular weight is 577 g/mol. The molecule has 0 spiro atoms. The lowest BCUT2D eigenvalue weighted by molar-refractivity contribution is 0.0468. The van der Waals surface area contributed by atoms with E-state index in [0.29, 0.717) is 24.1 Å². The lowest BCUT2D eigenvalue weighted by Gasteiger charge is -2.22. The van der Waals surface area contributed by atoms with Crippen molar-refractivity contribution >= 4 is 23.5 Å². The smallest absolute Gasteiger partial charge is 0.407 e. The first-order chi connectivity index (χ1) is 20.0. The van der Waals surface area contributed by atoms with Crippen molar-refractivity contribution in [2.24, 2.45) is 0 Å². The molecule has 1 aliphatic rings. The maximum absolute atomic E-state index is 15.5. The number of nitrogens with zero attached hydrogens (tertiary/aromatic N) is 3. The minimum Gasteiger partial charge on any atom is -0.457 e. The summed E-state index contributed by atoms with van der Waals surface area (Å²) in [6.07, 6.45) is 0.934. The summed E-state index contributed by atoms with van der Waals surface area (Å²) in [6, 6.07) is 15.4. The van der Waals surface area contributed by atoms with Crippen molar-refractivity contribution in [1.82, 2.24) is 14.7 Å². The number of esters is 1. The Morgan fingerprint density at radius 1 is 1.07 bits per heavy atom. The number of halogens is 2. The summed E-state index contributed by atoms with van der Waals surface area (Å²) in [5, 5.41) is 2.79. The number of amides is 1. The van der Waals surface area contributed by atoms with Gasteiger partial charge in [0.1, 0.15) is 29.2 Å². The first-order valence-corrected chi connectivity index (χ1v) is 13.5. The van der Waals surface area contributed by atoms with Gasteiger partial charge in [-0.15, -0.1) is 0 Å². The Labute approximate surface area is 240 Å². The predicted octanol–water partition coefficient (Wildman–Crippen LogP) is 5.10. The molecule has 5 rings (SSSR count). The minimum atomic E-state index is -0.887. The number of benzene rings is 2. The molecule has 1 saturated heterocycles. The summed E-state index contributed by atoms with van der Waals surface area (Å²) >= 11 is 0. The van der Waals surface area contributed by atoms with Crippen LogP contribution in [0, 0.1) is 11.6 Å². The van der Waals surface area contributed by atoms with Crippen molar-refractivity contribution in [3.05, 3.63) is 100.0 Å². The molecule has 1 N–H and O–H groups in total. The highest BCUT2D eigenvalue weighted by Crippen LogP contribution is 2.28. The van der Waals surface area contributed by atoms with Gasteiger partial charge in [0.15, 0.2) is 11.6 Å². The fourth-order valence-electron chi connectivity index (χ4n) is 4.74. The van der Waals surface area contributed by atoms with Gasteiger partial charge in [-0.05, 0) is 56.5 Å². The zero-order valence-corrected chi connectivity index (χ0v) is 23.4. The third kappa shape index (κ3) is 6.40. The van der Waals surface area contributed by atoms with Crippen LogP contribution in [0.2, 0.25) is 0 Å². The second-order valence-electron chi connectivity index (χ2n) is 11.0. The number of carbonyl (C=O) groups excluding carboxylic acids is 2. The van der Waals surface area contributed by atoms with Crippen LogP contribution in [0.25, 0.3) is 16.8 Å². The number of ether oxygens (including phenoxy) is 2. The summed E-state index contributed by atoms with van der Waals surface area (Å²) in [6.45, 7) is 5.87. The molecule has 1 aliphatic heterocycles. The van der Waals surface area contributed by atoms with Crippen molar-refractivity contribution in [3.8, 4) is 11.1 Å². The van der Waals surface area contributed by atoms with Gasteiger partial charge in [-0.2, -0.15) is 0 Å². The molecular formula is C31H30F2N4O5. The van der Waals surface area contributed by atoms with E-state index in [1.807, 2.05) is 6.07 Å². The van der Waals surface area contributed by atoms with Gasteiger partial charge in [0, 0.05) is 18.7 Å². The van der Waals surface area contributed by atoms with Gasteiger partial charge in [0.2, 0.25) is 0 Å². The summed E-state index contributed by atoms with van der Waals surface area (Å²) in [7, 11) is 0. The highest BCUT2D eigenvalue weighted by atomic mass is 19.1. The van der Waals surface area contributed by atoms with Crippen molar-refractivity contribution in [3.63, 3.8) is 0 Å². The lowest BCUT2D eigenvalue weighted by Crippen LogP contribution is -2.40. The number of aromatic nitrogens is 2. The topological polar surface area (TPSA) is 102 Å². The Kier molecular flexibility index (Phi) is 7.93. The summed E-state index contributed by atoms with van der Waals surface area (Å²) in [5.41, 5.74) is -0.214. The Bertz CT molecular complexity index is 1680. The normalized spacial score (nSPS) is 15.1. The number of rotatable bonds is 6. The van der Waals surface area contributed by atoms with E-state index in [2.05, 4.69) is 10.3 Å². The molecule has 0 bridgehead atoms. The molecule has 2 aromatic heterocycles. The van der Waals surface area contributed by atoms with Crippen molar-refractivity contribution in [2.75, 3.05) is 18.0 Å². The van der Waals surface area contributed by atoms with Gasteiger partial charge in [-0.3, -0.25) is 9.20 Å². The molecule has 11 heteroatoms. The van der Waals surface area contributed by atoms with Crippen LogP contribution in [0.3, 0.4) is 0 Å². The minimum absolute atomic E-state index is 0.0225. The van der Waals surface area contributed by atoms with Crippen LogP contribution in [-0.2, 0) is 16.1 Å². The second-order valence-corrected chi connectivity index (χ2v) is 11.0. The van der Waals surface area contributed by atoms with E-state index in [1.54, 1.807) is 49.9 Å². The molecule has 42 heavy (non-hydrogen) atoms. The number of carbonyl (C=O) groups is 2. The molecule has 3 heterocycles. The summed E-state index contributed by atoms with van der Waals surface area (Å²) < 4.78 is 40.9. The Balaban J connectivity index is 1.50.